The van der Waals surface area contributed by atoms with Crippen LogP contribution in [0.5, 0.6) is 0 Å². The summed E-state index contributed by atoms with van der Waals surface area (Å²) in [7, 11) is 0. The Balaban J connectivity index is 2.14. The van der Waals surface area contributed by atoms with Gasteiger partial charge in [-0.25, -0.2) is 9.37 Å². The SMILES string of the molecule is Fc1ccc(-c2cnc(Cl)n2-c2ccc(Cl)cc2)cc1. The average Bonchev–Trinajstić information content (AvgIpc) is 2.83. The lowest BCUT2D eigenvalue weighted by molar-refractivity contribution is 0.628. The van der Waals surface area contributed by atoms with Crippen LogP contribution >= 0.6 is 23.2 Å². The summed E-state index contributed by atoms with van der Waals surface area (Å²) in [4.78, 5) is 4.12. The van der Waals surface area contributed by atoms with Gasteiger partial charge in [-0.2, -0.15) is 0 Å². The van der Waals surface area contributed by atoms with E-state index in [0.717, 1.165) is 16.9 Å². The highest BCUT2D eigenvalue weighted by Gasteiger charge is 2.12. The van der Waals surface area contributed by atoms with E-state index in [-0.39, 0.29) is 5.82 Å². The van der Waals surface area contributed by atoms with Gasteiger partial charge in [-0.05, 0) is 60.1 Å². The van der Waals surface area contributed by atoms with Crippen molar-refractivity contribution >= 4 is 23.2 Å². The molecule has 3 rings (SSSR count). The van der Waals surface area contributed by atoms with Gasteiger partial charge in [0.05, 0.1) is 11.9 Å². The monoisotopic (exact) mass is 306 g/mol. The Morgan fingerprint density at radius 1 is 0.900 bits per heavy atom. The lowest BCUT2D eigenvalue weighted by Gasteiger charge is -2.09. The minimum Gasteiger partial charge on any atom is -0.283 e. The molecule has 2 nitrogen and oxygen atoms in total. The Bertz CT molecular complexity index is 734. The molecule has 0 aliphatic heterocycles. The maximum atomic E-state index is 13.0. The summed E-state index contributed by atoms with van der Waals surface area (Å²) >= 11 is 12.0. The first kappa shape index (κ1) is 13.2. The van der Waals surface area contributed by atoms with Crippen LogP contribution in [-0.4, -0.2) is 9.55 Å². The van der Waals surface area contributed by atoms with Gasteiger partial charge in [0.15, 0.2) is 0 Å². The summed E-state index contributed by atoms with van der Waals surface area (Å²) in [5, 5.41) is 0.986. The number of hydrogen-bond donors (Lipinski definition) is 0. The standard InChI is InChI=1S/C15H9Cl2FN2/c16-11-3-7-13(8-4-11)20-14(9-19-15(20)17)10-1-5-12(18)6-2-10/h1-9H. The molecule has 0 fully saturated rings. The molecule has 0 spiro atoms. The van der Waals surface area contributed by atoms with Gasteiger partial charge in [0.25, 0.3) is 0 Å². The second kappa shape index (κ2) is 5.27. The number of benzene rings is 2. The van der Waals surface area contributed by atoms with E-state index >= 15 is 0 Å². The molecule has 5 heteroatoms. The summed E-state index contributed by atoms with van der Waals surface area (Å²) in [6.45, 7) is 0. The van der Waals surface area contributed by atoms with Crippen LogP contribution in [0.2, 0.25) is 10.3 Å². The molecule has 1 aromatic heterocycles. The molecule has 0 saturated heterocycles. The number of nitrogens with zero attached hydrogens (tertiary/aromatic N) is 2. The minimum atomic E-state index is -0.280. The summed E-state index contributed by atoms with van der Waals surface area (Å²) in [5.74, 6) is -0.280. The second-order valence-electron chi connectivity index (χ2n) is 4.23. The van der Waals surface area contributed by atoms with Gasteiger partial charge in [0, 0.05) is 16.3 Å². The van der Waals surface area contributed by atoms with Gasteiger partial charge >= 0.3 is 0 Å². The van der Waals surface area contributed by atoms with E-state index in [4.69, 9.17) is 23.2 Å². The van der Waals surface area contributed by atoms with Crippen LogP contribution in [0.15, 0.2) is 54.7 Å². The summed E-state index contributed by atoms with van der Waals surface area (Å²) in [6.07, 6.45) is 1.66. The maximum Gasteiger partial charge on any atom is 0.207 e. The molecule has 0 saturated carbocycles. The van der Waals surface area contributed by atoms with Gasteiger partial charge in [0.2, 0.25) is 5.28 Å². The third-order valence-corrected chi connectivity index (χ3v) is 3.46. The molecular weight excluding hydrogens is 298 g/mol. The Labute approximate surface area is 125 Å². The zero-order valence-electron chi connectivity index (χ0n) is 10.2. The van der Waals surface area contributed by atoms with E-state index in [9.17, 15) is 4.39 Å². The van der Waals surface area contributed by atoms with Gasteiger partial charge in [-0.1, -0.05) is 11.6 Å². The Morgan fingerprint density at radius 2 is 1.55 bits per heavy atom. The first-order valence-electron chi connectivity index (χ1n) is 5.90. The number of halogens is 3. The topological polar surface area (TPSA) is 17.8 Å². The molecule has 0 unspecified atom stereocenters. The van der Waals surface area contributed by atoms with Crippen molar-refractivity contribution in [2.75, 3.05) is 0 Å². The molecule has 0 bridgehead atoms. The molecule has 0 N–H and O–H groups in total. The number of aromatic nitrogens is 2. The van der Waals surface area contributed by atoms with Crippen LogP contribution < -0.4 is 0 Å². The molecule has 1 heterocycles. The van der Waals surface area contributed by atoms with Crippen molar-refractivity contribution in [1.82, 2.24) is 9.55 Å². The summed E-state index contributed by atoms with van der Waals surface area (Å²) < 4.78 is 14.8. The summed E-state index contributed by atoms with van der Waals surface area (Å²) in [6, 6.07) is 13.4. The molecule has 20 heavy (non-hydrogen) atoms. The molecule has 0 amide bonds. The number of hydrogen-bond acceptors (Lipinski definition) is 1. The average molecular weight is 307 g/mol. The normalized spacial score (nSPS) is 10.8. The summed E-state index contributed by atoms with van der Waals surface area (Å²) in [5.41, 5.74) is 2.47. The molecule has 100 valence electrons. The van der Waals surface area contributed by atoms with Crippen molar-refractivity contribution in [2.45, 2.75) is 0 Å². The molecule has 0 atom stereocenters. The maximum absolute atomic E-state index is 13.0. The van der Waals surface area contributed by atoms with E-state index in [2.05, 4.69) is 4.98 Å². The number of imidazole rings is 1. The van der Waals surface area contributed by atoms with Crippen LogP contribution in [0.25, 0.3) is 16.9 Å². The predicted molar refractivity (Wildman–Crippen MR) is 79.0 cm³/mol. The molecule has 3 aromatic rings. The van der Waals surface area contributed by atoms with E-state index in [1.807, 2.05) is 12.1 Å². The lowest BCUT2D eigenvalue weighted by atomic mass is 10.1. The molecule has 0 aliphatic rings. The van der Waals surface area contributed by atoms with Gasteiger partial charge in [-0.15, -0.1) is 0 Å². The van der Waals surface area contributed by atoms with E-state index < -0.39 is 0 Å². The van der Waals surface area contributed by atoms with E-state index in [1.54, 1.807) is 35.0 Å². The predicted octanol–water partition coefficient (Wildman–Crippen LogP) is 4.99. The molecule has 0 aliphatic carbocycles. The van der Waals surface area contributed by atoms with Crippen molar-refractivity contribution in [3.8, 4) is 16.9 Å². The zero-order chi connectivity index (χ0) is 14.1. The smallest absolute Gasteiger partial charge is 0.207 e. The van der Waals surface area contributed by atoms with Crippen molar-refractivity contribution < 1.29 is 4.39 Å². The third kappa shape index (κ3) is 2.42. The van der Waals surface area contributed by atoms with Gasteiger partial charge < -0.3 is 0 Å². The van der Waals surface area contributed by atoms with Gasteiger partial charge in [-0.3, -0.25) is 4.57 Å². The number of rotatable bonds is 2. The van der Waals surface area contributed by atoms with Gasteiger partial charge in [0.1, 0.15) is 5.82 Å². The molecular formula is C15H9Cl2FN2. The van der Waals surface area contributed by atoms with Crippen LogP contribution in [0.4, 0.5) is 4.39 Å². The van der Waals surface area contributed by atoms with E-state index in [0.29, 0.717) is 10.3 Å². The molecule has 0 radical (unpaired) electrons. The van der Waals surface area contributed by atoms with E-state index in [1.165, 1.54) is 12.1 Å². The van der Waals surface area contributed by atoms with Crippen LogP contribution in [-0.2, 0) is 0 Å². The van der Waals surface area contributed by atoms with Crippen molar-refractivity contribution in [2.24, 2.45) is 0 Å². The highest BCUT2D eigenvalue weighted by atomic mass is 35.5. The lowest BCUT2D eigenvalue weighted by Crippen LogP contribution is -1.96. The molecule has 2 aromatic carbocycles. The highest BCUT2D eigenvalue weighted by Crippen LogP contribution is 2.28. The fourth-order valence-electron chi connectivity index (χ4n) is 1.99. The largest absolute Gasteiger partial charge is 0.283 e. The third-order valence-electron chi connectivity index (χ3n) is 2.94. The zero-order valence-corrected chi connectivity index (χ0v) is 11.7. The fraction of sp³-hybridized carbons (Fsp3) is 0. The van der Waals surface area contributed by atoms with Crippen molar-refractivity contribution in [3.63, 3.8) is 0 Å². The van der Waals surface area contributed by atoms with Crippen LogP contribution in [0, 0.1) is 5.82 Å². The minimum absolute atomic E-state index is 0.280. The second-order valence-corrected chi connectivity index (χ2v) is 5.01. The Hall–Kier alpha value is -1.84. The highest BCUT2D eigenvalue weighted by molar-refractivity contribution is 6.30. The van der Waals surface area contributed by atoms with Crippen LogP contribution in [0.1, 0.15) is 0 Å². The van der Waals surface area contributed by atoms with Crippen LogP contribution in [0.3, 0.4) is 0 Å². The fourth-order valence-corrected chi connectivity index (χ4v) is 2.35. The quantitative estimate of drug-likeness (QED) is 0.652. The van der Waals surface area contributed by atoms with Crippen molar-refractivity contribution in [3.05, 3.63) is 70.9 Å². The Kier molecular flexibility index (Phi) is 3.47. The first-order chi connectivity index (χ1) is 9.65. The first-order valence-corrected chi connectivity index (χ1v) is 6.66. The van der Waals surface area contributed by atoms with Crippen molar-refractivity contribution in [1.29, 1.82) is 0 Å². The Morgan fingerprint density at radius 3 is 2.20 bits per heavy atom.